The first-order chi connectivity index (χ1) is 14.7. The molecule has 0 aliphatic carbocycles. The van der Waals surface area contributed by atoms with Gasteiger partial charge in [-0.05, 0) is 37.0 Å². The van der Waals surface area contributed by atoms with Gasteiger partial charge in [-0.1, -0.05) is 12.1 Å². The van der Waals surface area contributed by atoms with Gasteiger partial charge in [0.05, 0.1) is 17.7 Å². The molecule has 3 heterocycles. The Bertz CT molecular complexity index is 849. The third kappa shape index (κ3) is 5.74. The van der Waals surface area contributed by atoms with Crippen LogP contribution in [0, 0.1) is 11.3 Å². The fourth-order valence-electron chi connectivity index (χ4n) is 4.30. The van der Waals surface area contributed by atoms with E-state index in [1.54, 1.807) is 0 Å². The second-order valence-corrected chi connectivity index (χ2v) is 7.87. The van der Waals surface area contributed by atoms with Crippen molar-refractivity contribution >= 4 is 11.9 Å². The molecule has 7 nitrogen and oxygen atoms in total. The Morgan fingerprint density at radius 3 is 2.52 bits per heavy atom. The molecule has 0 saturated carbocycles. The van der Waals surface area contributed by atoms with Gasteiger partial charge in [-0.3, -0.25) is 9.69 Å². The van der Waals surface area contributed by atoms with Crippen LogP contribution in [0.15, 0.2) is 24.3 Å². The van der Waals surface area contributed by atoms with Crippen molar-refractivity contribution in [2.24, 2.45) is 0 Å². The van der Waals surface area contributed by atoms with Crippen LogP contribution in [0.4, 0.5) is 13.2 Å². The van der Waals surface area contributed by atoms with E-state index in [4.69, 9.17) is 19.9 Å². The number of alkyl halides is 3. The minimum Gasteiger partial charge on any atom is -0.475 e. The SMILES string of the molecule is N#Cc1cccc(CN2CC[C@@H]3O[C@@H](C(=O)N4CCCC4)C[C@@H]32)c1.O=C(O)C(F)(F)F. The molecular weight excluding hydrogens is 415 g/mol. The molecule has 1 aromatic rings. The average molecular weight is 439 g/mol. The number of hydrogen-bond donors (Lipinski definition) is 1. The highest BCUT2D eigenvalue weighted by molar-refractivity contribution is 5.81. The number of carbonyl (C=O) groups is 2. The number of aliphatic carboxylic acids is 1. The van der Waals surface area contributed by atoms with Crippen LogP contribution < -0.4 is 0 Å². The minimum absolute atomic E-state index is 0.181. The van der Waals surface area contributed by atoms with Crippen LogP contribution in [0.1, 0.15) is 36.8 Å². The fraction of sp³-hybridized carbons (Fsp3) is 0.571. The van der Waals surface area contributed by atoms with Gasteiger partial charge in [-0.2, -0.15) is 18.4 Å². The van der Waals surface area contributed by atoms with Crippen molar-refractivity contribution in [1.82, 2.24) is 9.80 Å². The molecule has 0 bridgehead atoms. The maximum atomic E-state index is 12.6. The summed E-state index contributed by atoms with van der Waals surface area (Å²) in [6.45, 7) is 3.60. The molecule has 1 amide bonds. The molecule has 3 atom stereocenters. The maximum absolute atomic E-state index is 12.6. The summed E-state index contributed by atoms with van der Waals surface area (Å²) in [4.78, 5) is 25.8. The van der Waals surface area contributed by atoms with Crippen molar-refractivity contribution < 1.29 is 32.6 Å². The zero-order valence-electron chi connectivity index (χ0n) is 16.8. The lowest BCUT2D eigenvalue weighted by Gasteiger charge is -2.23. The minimum atomic E-state index is -5.08. The number of nitriles is 1. The lowest BCUT2D eigenvalue weighted by Crippen LogP contribution is -2.38. The molecule has 3 saturated heterocycles. The predicted octanol–water partition coefficient (Wildman–Crippen LogP) is 2.55. The van der Waals surface area contributed by atoms with E-state index in [9.17, 15) is 18.0 Å². The quantitative estimate of drug-likeness (QED) is 0.778. The summed E-state index contributed by atoms with van der Waals surface area (Å²) in [5.41, 5.74) is 1.86. The Balaban J connectivity index is 0.000000339. The summed E-state index contributed by atoms with van der Waals surface area (Å²) in [5.74, 6) is -2.57. The first kappa shape index (κ1) is 23.0. The summed E-state index contributed by atoms with van der Waals surface area (Å²) in [6, 6.07) is 10.3. The summed E-state index contributed by atoms with van der Waals surface area (Å²) in [5, 5.41) is 16.2. The molecule has 4 rings (SSSR count). The third-order valence-corrected chi connectivity index (χ3v) is 5.77. The zero-order chi connectivity index (χ0) is 22.6. The number of hydrogen-bond acceptors (Lipinski definition) is 5. The number of amides is 1. The molecule has 0 unspecified atom stereocenters. The number of ether oxygens (including phenoxy) is 1. The van der Waals surface area contributed by atoms with Crippen LogP contribution in [0.5, 0.6) is 0 Å². The molecule has 31 heavy (non-hydrogen) atoms. The molecule has 1 N–H and O–H groups in total. The number of rotatable bonds is 3. The van der Waals surface area contributed by atoms with Crippen LogP contribution in [0.3, 0.4) is 0 Å². The topological polar surface area (TPSA) is 93.9 Å². The van der Waals surface area contributed by atoms with E-state index in [0.717, 1.165) is 57.4 Å². The van der Waals surface area contributed by atoms with Gasteiger partial charge in [0.1, 0.15) is 6.10 Å². The molecule has 3 aliphatic rings. The van der Waals surface area contributed by atoms with E-state index in [1.807, 2.05) is 23.1 Å². The van der Waals surface area contributed by atoms with Crippen LogP contribution in [0.25, 0.3) is 0 Å². The standard InChI is InChI=1S/C19H23N3O2.C2HF3O2/c20-12-14-4-3-5-15(10-14)13-22-9-6-17-16(22)11-18(24-17)19(23)21-7-1-2-8-21;3-2(4,5)1(6)7/h3-5,10,16-18H,1-2,6-9,11,13H2;(H,6,7)/t16-,17-,18+;/m0./s1. The molecule has 0 aromatic heterocycles. The second kappa shape index (κ2) is 9.66. The van der Waals surface area contributed by atoms with Crippen LogP contribution in [-0.2, 0) is 20.9 Å². The summed E-state index contributed by atoms with van der Waals surface area (Å²) in [6.07, 6.45) is -1.13. The molecule has 168 valence electrons. The monoisotopic (exact) mass is 439 g/mol. The highest BCUT2D eigenvalue weighted by Gasteiger charge is 2.46. The van der Waals surface area contributed by atoms with E-state index in [2.05, 4.69) is 17.0 Å². The number of halogens is 3. The third-order valence-electron chi connectivity index (χ3n) is 5.77. The van der Waals surface area contributed by atoms with Crippen molar-refractivity contribution in [3.8, 4) is 6.07 Å². The number of fused-ring (bicyclic) bond motifs is 1. The lowest BCUT2D eigenvalue weighted by molar-refractivity contribution is -0.192. The van der Waals surface area contributed by atoms with Gasteiger partial charge < -0.3 is 14.7 Å². The van der Waals surface area contributed by atoms with Gasteiger partial charge in [-0.25, -0.2) is 4.79 Å². The van der Waals surface area contributed by atoms with Crippen LogP contribution in [0.2, 0.25) is 0 Å². The van der Waals surface area contributed by atoms with E-state index in [0.29, 0.717) is 11.6 Å². The Morgan fingerprint density at radius 1 is 1.23 bits per heavy atom. The number of benzene rings is 1. The van der Waals surface area contributed by atoms with Gasteiger partial charge in [0.2, 0.25) is 0 Å². The number of carbonyl (C=O) groups excluding carboxylic acids is 1. The van der Waals surface area contributed by atoms with E-state index >= 15 is 0 Å². The van der Waals surface area contributed by atoms with Crippen molar-refractivity contribution in [2.75, 3.05) is 19.6 Å². The first-order valence-corrected chi connectivity index (χ1v) is 10.2. The van der Waals surface area contributed by atoms with Crippen molar-refractivity contribution in [3.05, 3.63) is 35.4 Å². The van der Waals surface area contributed by atoms with Crippen molar-refractivity contribution in [3.63, 3.8) is 0 Å². The lowest BCUT2D eigenvalue weighted by atomic mass is 10.1. The first-order valence-electron chi connectivity index (χ1n) is 10.2. The van der Waals surface area contributed by atoms with Crippen molar-refractivity contribution in [1.29, 1.82) is 5.26 Å². The largest absolute Gasteiger partial charge is 0.490 e. The van der Waals surface area contributed by atoms with Crippen molar-refractivity contribution in [2.45, 2.75) is 56.7 Å². The normalized spacial score (nSPS) is 25.5. The molecule has 3 aliphatic heterocycles. The number of likely N-dealkylation sites (tertiary alicyclic amines) is 2. The van der Waals surface area contributed by atoms with Gasteiger partial charge >= 0.3 is 12.1 Å². The van der Waals surface area contributed by atoms with Gasteiger partial charge in [0.25, 0.3) is 5.91 Å². The summed E-state index contributed by atoms with van der Waals surface area (Å²) < 4.78 is 37.8. The molecule has 0 spiro atoms. The summed E-state index contributed by atoms with van der Waals surface area (Å²) >= 11 is 0. The molecule has 0 radical (unpaired) electrons. The van der Waals surface area contributed by atoms with E-state index in [1.165, 1.54) is 0 Å². The Labute approximate surface area is 178 Å². The average Bonchev–Trinajstić information content (AvgIpc) is 3.46. The van der Waals surface area contributed by atoms with E-state index < -0.39 is 12.1 Å². The number of carboxylic acid groups (broad SMARTS) is 1. The number of nitrogens with zero attached hydrogens (tertiary/aromatic N) is 3. The van der Waals surface area contributed by atoms with Gasteiger partial charge in [0.15, 0.2) is 0 Å². The highest BCUT2D eigenvalue weighted by atomic mass is 19.4. The highest BCUT2D eigenvalue weighted by Crippen LogP contribution is 2.35. The van der Waals surface area contributed by atoms with Gasteiger partial charge in [0, 0.05) is 38.6 Å². The van der Waals surface area contributed by atoms with Crippen LogP contribution in [-0.4, -0.2) is 70.8 Å². The van der Waals surface area contributed by atoms with Gasteiger partial charge in [-0.15, -0.1) is 0 Å². The molecular formula is C21H24F3N3O4. The smallest absolute Gasteiger partial charge is 0.475 e. The molecule has 1 aromatic carbocycles. The summed E-state index contributed by atoms with van der Waals surface area (Å²) in [7, 11) is 0. The second-order valence-electron chi connectivity index (χ2n) is 7.87. The Morgan fingerprint density at radius 2 is 1.90 bits per heavy atom. The fourth-order valence-corrected chi connectivity index (χ4v) is 4.30. The Hall–Kier alpha value is -2.64. The number of carboxylic acids is 1. The van der Waals surface area contributed by atoms with E-state index in [-0.39, 0.29) is 18.1 Å². The maximum Gasteiger partial charge on any atom is 0.490 e. The predicted molar refractivity (Wildman–Crippen MR) is 103 cm³/mol. The van der Waals surface area contributed by atoms with Crippen LogP contribution >= 0.6 is 0 Å². The molecule has 3 fully saturated rings. The molecule has 10 heteroatoms. The zero-order valence-corrected chi connectivity index (χ0v) is 16.8. The Kier molecular flexibility index (Phi) is 7.18.